The minimum Gasteiger partial charge on any atom is -0.313 e. The fourth-order valence-corrected chi connectivity index (χ4v) is 1.43. The van der Waals surface area contributed by atoms with Crippen LogP contribution in [0.2, 0.25) is 0 Å². The van der Waals surface area contributed by atoms with Crippen LogP contribution >= 0.6 is 0 Å². The quantitative estimate of drug-likeness (QED) is 0.638. The van der Waals surface area contributed by atoms with E-state index < -0.39 is 0 Å². The summed E-state index contributed by atoms with van der Waals surface area (Å²) < 4.78 is 1.83. The number of aryl methyl sites for hydroxylation is 1. The van der Waals surface area contributed by atoms with Crippen molar-refractivity contribution in [1.82, 2.24) is 20.4 Å². The van der Waals surface area contributed by atoms with Gasteiger partial charge in [0.1, 0.15) is 0 Å². The lowest BCUT2D eigenvalue weighted by Gasteiger charge is -2.03. The van der Waals surface area contributed by atoms with Gasteiger partial charge in [-0.15, -0.1) is 0 Å². The molecule has 1 heterocycles. The summed E-state index contributed by atoms with van der Waals surface area (Å²) in [6.45, 7) is 2.96. The van der Waals surface area contributed by atoms with E-state index in [4.69, 9.17) is 0 Å². The first kappa shape index (κ1) is 9.68. The Morgan fingerprint density at radius 2 is 2.36 bits per heavy atom. The molecular weight excluding hydrogens is 176 g/mol. The number of rotatable bonds is 6. The zero-order chi connectivity index (χ0) is 9.80. The Morgan fingerprint density at radius 3 is 3.00 bits per heavy atom. The molecule has 4 heteroatoms. The Bertz CT molecular complexity index is 277. The zero-order valence-corrected chi connectivity index (χ0v) is 8.66. The van der Waals surface area contributed by atoms with Gasteiger partial charge in [-0.1, -0.05) is 0 Å². The molecule has 0 spiro atoms. The summed E-state index contributed by atoms with van der Waals surface area (Å²) in [5.41, 5.74) is 1.11. The average molecular weight is 194 g/mol. The second kappa shape index (κ2) is 4.57. The Labute approximate surface area is 84.7 Å². The van der Waals surface area contributed by atoms with Crippen molar-refractivity contribution in [1.29, 1.82) is 0 Å². The molecule has 0 unspecified atom stereocenters. The molecule has 0 saturated heterocycles. The third-order valence-electron chi connectivity index (χ3n) is 2.39. The molecule has 1 aromatic rings. The molecule has 4 nitrogen and oxygen atoms in total. The van der Waals surface area contributed by atoms with Gasteiger partial charge in [0.2, 0.25) is 0 Å². The number of hydrogen-bond donors (Lipinski definition) is 2. The van der Waals surface area contributed by atoms with Crippen molar-refractivity contribution in [2.45, 2.75) is 25.4 Å². The lowest BCUT2D eigenvalue weighted by atomic mass is 10.4. The van der Waals surface area contributed by atoms with Crippen LogP contribution < -0.4 is 10.6 Å². The van der Waals surface area contributed by atoms with Crippen molar-refractivity contribution >= 4 is 0 Å². The fourth-order valence-electron chi connectivity index (χ4n) is 1.43. The summed E-state index contributed by atoms with van der Waals surface area (Å²) in [4.78, 5) is 0. The molecule has 1 fully saturated rings. The maximum absolute atomic E-state index is 4.29. The molecule has 0 atom stereocenters. The first-order valence-corrected chi connectivity index (χ1v) is 5.27. The number of nitrogens with one attached hydrogen (secondary N) is 2. The van der Waals surface area contributed by atoms with Crippen molar-refractivity contribution in [3.63, 3.8) is 0 Å². The van der Waals surface area contributed by atoms with Crippen LogP contribution in [0.25, 0.3) is 0 Å². The van der Waals surface area contributed by atoms with Crippen molar-refractivity contribution in [3.05, 3.63) is 18.0 Å². The van der Waals surface area contributed by atoms with Crippen LogP contribution in [0.1, 0.15) is 18.5 Å². The maximum atomic E-state index is 4.29. The smallest absolute Gasteiger partial charge is 0.0762 e. The Hall–Kier alpha value is -0.870. The molecule has 14 heavy (non-hydrogen) atoms. The second-order valence-electron chi connectivity index (χ2n) is 3.89. The van der Waals surface area contributed by atoms with Gasteiger partial charge in [-0.25, -0.2) is 0 Å². The first-order chi connectivity index (χ1) is 6.84. The van der Waals surface area contributed by atoms with Crippen molar-refractivity contribution in [2.24, 2.45) is 7.05 Å². The largest absolute Gasteiger partial charge is 0.313 e. The SMILES string of the molecule is Cn1ccc(CNCCNC2CC2)n1. The first-order valence-electron chi connectivity index (χ1n) is 5.27. The van der Waals surface area contributed by atoms with Gasteiger partial charge in [0, 0.05) is 38.9 Å². The predicted octanol–water partition coefficient (Wildman–Crippen LogP) is 0.262. The summed E-state index contributed by atoms with van der Waals surface area (Å²) in [6, 6.07) is 2.85. The molecule has 0 aliphatic heterocycles. The van der Waals surface area contributed by atoms with Gasteiger partial charge in [0.05, 0.1) is 5.69 Å². The van der Waals surface area contributed by atoms with Gasteiger partial charge in [-0.05, 0) is 18.9 Å². The topological polar surface area (TPSA) is 41.9 Å². The highest BCUT2D eigenvalue weighted by molar-refractivity contribution is 4.97. The molecule has 0 amide bonds. The Morgan fingerprint density at radius 1 is 1.50 bits per heavy atom. The molecule has 2 rings (SSSR count). The van der Waals surface area contributed by atoms with Crippen molar-refractivity contribution < 1.29 is 0 Å². The van der Waals surface area contributed by atoms with Crippen LogP contribution in [0, 0.1) is 0 Å². The van der Waals surface area contributed by atoms with E-state index in [1.807, 2.05) is 24.0 Å². The third kappa shape index (κ3) is 3.12. The van der Waals surface area contributed by atoms with Crippen LogP contribution in [0.3, 0.4) is 0 Å². The van der Waals surface area contributed by atoms with Crippen LogP contribution in [0.5, 0.6) is 0 Å². The summed E-state index contributed by atoms with van der Waals surface area (Å²) in [6.07, 6.45) is 4.69. The molecule has 1 saturated carbocycles. The van der Waals surface area contributed by atoms with E-state index in [9.17, 15) is 0 Å². The van der Waals surface area contributed by atoms with Crippen molar-refractivity contribution in [2.75, 3.05) is 13.1 Å². The molecule has 2 N–H and O–H groups in total. The molecule has 0 aromatic carbocycles. The molecule has 78 valence electrons. The van der Waals surface area contributed by atoms with Crippen LogP contribution in [-0.2, 0) is 13.6 Å². The Kier molecular flexibility index (Phi) is 3.16. The van der Waals surface area contributed by atoms with Gasteiger partial charge in [0.15, 0.2) is 0 Å². The molecular formula is C10H18N4. The van der Waals surface area contributed by atoms with E-state index >= 15 is 0 Å². The number of nitrogens with zero attached hydrogens (tertiary/aromatic N) is 2. The highest BCUT2D eigenvalue weighted by atomic mass is 15.3. The van der Waals surface area contributed by atoms with Crippen LogP contribution in [-0.4, -0.2) is 28.9 Å². The highest BCUT2D eigenvalue weighted by Gasteiger charge is 2.19. The minimum atomic E-state index is 0.812. The predicted molar refractivity (Wildman–Crippen MR) is 55.9 cm³/mol. The molecule has 1 aromatic heterocycles. The summed E-state index contributed by atoms with van der Waals surface area (Å²) >= 11 is 0. The van der Waals surface area contributed by atoms with Crippen molar-refractivity contribution in [3.8, 4) is 0 Å². The molecule has 0 radical (unpaired) electrons. The third-order valence-corrected chi connectivity index (χ3v) is 2.39. The van der Waals surface area contributed by atoms with E-state index in [0.29, 0.717) is 0 Å². The normalized spacial score (nSPS) is 16.1. The van der Waals surface area contributed by atoms with Gasteiger partial charge >= 0.3 is 0 Å². The van der Waals surface area contributed by atoms with Gasteiger partial charge in [-0.2, -0.15) is 5.10 Å². The monoisotopic (exact) mass is 194 g/mol. The van der Waals surface area contributed by atoms with E-state index in [1.54, 1.807) is 0 Å². The van der Waals surface area contributed by atoms with E-state index in [-0.39, 0.29) is 0 Å². The van der Waals surface area contributed by atoms with Gasteiger partial charge < -0.3 is 10.6 Å². The minimum absolute atomic E-state index is 0.812. The molecule has 0 bridgehead atoms. The summed E-state index contributed by atoms with van der Waals surface area (Å²) in [5.74, 6) is 0. The standard InChI is InChI=1S/C10H18N4/c1-14-7-4-10(13-14)8-11-5-6-12-9-2-3-9/h4,7,9,11-12H,2-3,5-6,8H2,1H3. The van der Waals surface area contributed by atoms with E-state index in [1.165, 1.54) is 12.8 Å². The van der Waals surface area contributed by atoms with E-state index in [2.05, 4.69) is 15.7 Å². The number of hydrogen-bond acceptors (Lipinski definition) is 3. The van der Waals surface area contributed by atoms with Gasteiger partial charge in [-0.3, -0.25) is 4.68 Å². The van der Waals surface area contributed by atoms with Crippen LogP contribution in [0.4, 0.5) is 0 Å². The van der Waals surface area contributed by atoms with Crippen LogP contribution in [0.15, 0.2) is 12.3 Å². The highest BCUT2D eigenvalue weighted by Crippen LogP contribution is 2.17. The second-order valence-corrected chi connectivity index (χ2v) is 3.89. The Balaban J connectivity index is 1.53. The number of aromatic nitrogens is 2. The average Bonchev–Trinajstić information content (AvgIpc) is 2.89. The van der Waals surface area contributed by atoms with E-state index in [0.717, 1.165) is 31.4 Å². The summed E-state index contributed by atoms with van der Waals surface area (Å²) in [5, 5.41) is 11.1. The fraction of sp³-hybridized carbons (Fsp3) is 0.700. The summed E-state index contributed by atoms with van der Waals surface area (Å²) in [7, 11) is 1.94. The lowest BCUT2D eigenvalue weighted by Crippen LogP contribution is -2.28. The molecule has 1 aliphatic carbocycles. The molecule has 1 aliphatic rings. The zero-order valence-electron chi connectivity index (χ0n) is 8.66. The maximum Gasteiger partial charge on any atom is 0.0762 e. The lowest BCUT2D eigenvalue weighted by molar-refractivity contribution is 0.598. The van der Waals surface area contributed by atoms with Gasteiger partial charge in [0.25, 0.3) is 0 Å².